The number of carbonyl (C=O) groups excluding carboxylic acids is 1. The first-order chi connectivity index (χ1) is 6.34. The summed E-state index contributed by atoms with van der Waals surface area (Å²) in [6.07, 6.45) is 1.89. The van der Waals surface area contributed by atoms with E-state index in [0.29, 0.717) is 6.54 Å². The molecule has 0 radical (unpaired) electrons. The van der Waals surface area contributed by atoms with Crippen LogP contribution in [-0.4, -0.2) is 10.9 Å². The van der Waals surface area contributed by atoms with E-state index in [0.717, 1.165) is 22.0 Å². The number of nitrogens with one attached hydrogen (secondary N) is 2. The van der Waals surface area contributed by atoms with Gasteiger partial charge in [-0.05, 0) is 23.8 Å². The summed E-state index contributed by atoms with van der Waals surface area (Å²) in [7, 11) is 0. The van der Waals surface area contributed by atoms with E-state index in [1.54, 1.807) is 0 Å². The van der Waals surface area contributed by atoms with Gasteiger partial charge in [0.15, 0.2) is 0 Å². The fraction of sp³-hybridized carbons (Fsp3) is 0.100. The van der Waals surface area contributed by atoms with Crippen molar-refractivity contribution < 1.29 is 4.79 Å². The van der Waals surface area contributed by atoms with Gasteiger partial charge in [0, 0.05) is 29.2 Å². The summed E-state index contributed by atoms with van der Waals surface area (Å²) in [6.45, 7) is 0.656. The Morgan fingerprint density at radius 1 is 1.31 bits per heavy atom. The molecule has 0 saturated heterocycles. The monoisotopic (exact) mass is 172 g/mol. The highest BCUT2D eigenvalue weighted by Gasteiger charge is 2.18. The maximum Gasteiger partial charge on any atom is 0.251 e. The molecule has 1 aliphatic heterocycles. The molecule has 0 unspecified atom stereocenters. The van der Waals surface area contributed by atoms with Gasteiger partial charge >= 0.3 is 0 Å². The van der Waals surface area contributed by atoms with Crippen LogP contribution in [-0.2, 0) is 6.54 Å². The fourth-order valence-corrected chi connectivity index (χ4v) is 1.77. The van der Waals surface area contributed by atoms with Crippen LogP contribution in [0.4, 0.5) is 0 Å². The molecule has 0 atom stereocenters. The minimum atomic E-state index is 0.0399. The standard InChI is InChI=1S/C10H8N2O/c13-10-8-3-6-1-2-11-9(6)4-7(8)5-12-10/h1-4,11H,5H2,(H,12,13). The molecule has 64 valence electrons. The van der Waals surface area contributed by atoms with Gasteiger partial charge in [-0.25, -0.2) is 0 Å². The zero-order valence-corrected chi connectivity index (χ0v) is 6.92. The fourth-order valence-electron chi connectivity index (χ4n) is 1.77. The van der Waals surface area contributed by atoms with Crippen LogP contribution in [0.2, 0.25) is 0 Å². The molecule has 2 heterocycles. The number of hydrogen-bond donors (Lipinski definition) is 2. The number of hydrogen-bond acceptors (Lipinski definition) is 1. The third kappa shape index (κ3) is 0.811. The molecule has 1 aromatic heterocycles. The Hall–Kier alpha value is -1.77. The first-order valence-electron chi connectivity index (χ1n) is 4.23. The summed E-state index contributed by atoms with van der Waals surface area (Å²) >= 11 is 0. The van der Waals surface area contributed by atoms with E-state index >= 15 is 0 Å². The van der Waals surface area contributed by atoms with E-state index in [9.17, 15) is 4.79 Å². The van der Waals surface area contributed by atoms with E-state index in [4.69, 9.17) is 0 Å². The van der Waals surface area contributed by atoms with Crippen molar-refractivity contribution in [1.29, 1.82) is 0 Å². The number of aromatic amines is 1. The van der Waals surface area contributed by atoms with Gasteiger partial charge in [0.2, 0.25) is 0 Å². The molecular formula is C10H8N2O. The molecule has 3 heteroatoms. The first kappa shape index (κ1) is 6.71. The van der Waals surface area contributed by atoms with Gasteiger partial charge < -0.3 is 10.3 Å². The summed E-state index contributed by atoms with van der Waals surface area (Å²) in [5.74, 6) is 0.0399. The maximum absolute atomic E-state index is 11.3. The number of benzene rings is 1. The molecule has 13 heavy (non-hydrogen) atoms. The molecule has 0 saturated carbocycles. The summed E-state index contributed by atoms with van der Waals surface area (Å²) in [5, 5.41) is 3.89. The van der Waals surface area contributed by atoms with Crippen LogP contribution in [0.1, 0.15) is 15.9 Å². The highest BCUT2D eigenvalue weighted by Crippen LogP contribution is 2.22. The molecule has 3 nitrogen and oxygen atoms in total. The number of carbonyl (C=O) groups is 1. The second kappa shape index (κ2) is 2.13. The second-order valence-electron chi connectivity index (χ2n) is 3.26. The lowest BCUT2D eigenvalue weighted by Gasteiger charge is -1.95. The van der Waals surface area contributed by atoms with E-state index in [1.807, 2.05) is 24.4 Å². The highest BCUT2D eigenvalue weighted by atomic mass is 16.1. The molecule has 0 spiro atoms. The van der Waals surface area contributed by atoms with Crippen molar-refractivity contribution in [3.05, 3.63) is 35.5 Å². The maximum atomic E-state index is 11.3. The number of fused-ring (bicyclic) bond motifs is 2. The number of amides is 1. The van der Waals surface area contributed by atoms with E-state index in [2.05, 4.69) is 10.3 Å². The average molecular weight is 172 g/mol. The topological polar surface area (TPSA) is 44.9 Å². The first-order valence-corrected chi connectivity index (χ1v) is 4.23. The van der Waals surface area contributed by atoms with Crippen LogP contribution >= 0.6 is 0 Å². The van der Waals surface area contributed by atoms with Gasteiger partial charge in [-0.15, -0.1) is 0 Å². The number of H-pyrrole nitrogens is 1. The number of rotatable bonds is 0. The Labute approximate surface area is 74.8 Å². The summed E-state index contributed by atoms with van der Waals surface area (Å²) in [5.41, 5.74) is 2.99. The SMILES string of the molecule is O=C1NCc2cc3[nH]ccc3cc21. The predicted octanol–water partition coefficient (Wildman–Crippen LogP) is 1.41. The minimum absolute atomic E-state index is 0.0399. The van der Waals surface area contributed by atoms with Gasteiger partial charge in [-0.2, -0.15) is 0 Å². The van der Waals surface area contributed by atoms with Gasteiger partial charge in [-0.3, -0.25) is 4.79 Å². The van der Waals surface area contributed by atoms with Crippen LogP contribution in [0, 0.1) is 0 Å². The van der Waals surface area contributed by atoms with Crippen molar-refractivity contribution in [1.82, 2.24) is 10.3 Å². The molecule has 1 aliphatic rings. The lowest BCUT2D eigenvalue weighted by Crippen LogP contribution is -2.12. The molecule has 3 rings (SSSR count). The van der Waals surface area contributed by atoms with Crippen molar-refractivity contribution in [3.63, 3.8) is 0 Å². The quantitative estimate of drug-likeness (QED) is 0.620. The smallest absolute Gasteiger partial charge is 0.251 e. The van der Waals surface area contributed by atoms with Crippen LogP contribution in [0.5, 0.6) is 0 Å². The van der Waals surface area contributed by atoms with Gasteiger partial charge in [0.25, 0.3) is 5.91 Å². The molecule has 2 aromatic rings. The van der Waals surface area contributed by atoms with Crippen LogP contribution < -0.4 is 5.32 Å². The molecule has 0 aliphatic carbocycles. The van der Waals surface area contributed by atoms with Gasteiger partial charge in [0.05, 0.1) is 0 Å². The number of aromatic nitrogens is 1. The summed E-state index contributed by atoms with van der Waals surface area (Å²) in [6, 6.07) is 5.94. The van der Waals surface area contributed by atoms with Crippen molar-refractivity contribution in [2.24, 2.45) is 0 Å². The Morgan fingerprint density at radius 3 is 3.15 bits per heavy atom. The van der Waals surface area contributed by atoms with Gasteiger partial charge in [-0.1, -0.05) is 0 Å². The third-order valence-electron chi connectivity index (χ3n) is 2.46. The zero-order valence-electron chi connectivity index (χ0n) is 6.92. The van der Waals surface area contributed by atoms with E-state index in [1.165, 1.54) is 0 Å². The molecular weight excluding hydrogens is 164 g/mol. The average Bonchev–Trinajstić information content (AvgIpc) is 2.70. The van der Waals surface area contributed by atoms with Crippen molar-refractivity contribution in [3.8, 4) is 0 Å². The largest absolute Gasteiger partial charge is 0.361 e. The molecule has 1 aromatic carbocycles. The highest BCUT2D eigenvalue weighted by molar-refractivity contribution is 6.02. The lowest BCUT2D eigenvalue weighted by molar-refractivity contribution is 0.0966. The summed E-state index contributed by atoms with van der Waals surface area (Å²) < 4.78 is 0. The van der Waals surface area contributed by atoms with E-state index in [-0.39, 0.29) is 5.91 Å². The lowest BCUT2D eigenvalue weighted by atomic mass is 10.1. The predicted molar refractivity (Wildman–Crippen MR) is 49.5 cm³/mol. The van der Waals surface area contributed by atoms with Crippen molar-refractivity contribution in [2.75, 3.05) is 0 Å². The zero-order chi connectivity index (χ0) is 8.84. The third-order valence-corrected chi connectivity index (χ3v) is 2.46. The second-order valence-corrected chi connectivity index (χ2v) is 3.26. The molecule has 2 N–H and O–H groups in total. The Morgan fingerprint density at radius 2 is 2.23 bits per heavy atom. The van der Waals surface area contributed by atoms with Crippen molar-refractivity contribution in [2.45, 2.75) is 6.54 Å². The Balaban J connectivity index is 2.40. The van der Waals surface area contributed by atoms with Crippen LogP contribution in [0.15, 0.2) is 24.4 Å². The van der Waals surface area contributed by atoms with E-state index < -0.39 is 0 Å². The van der Waals surface area contributed by atoms with Crippen molar-refractivity contribution >= 4 is 16.8 Å². The van der Waals surface area contributed by atoms with Crippen LogP contribution in [0.25, 0.3) is 10.9 Å². The normalized spacial score (nSPS) is 14.6. The molecule has 1 amide bonds. The Bertz CT molecular complexity index is 499. The molecule has 0 fully saturated rings. The summed E-state index contributed by atoms with van der Waals surface area (Å²) in [4.78, 5) is 14.4. The minimum Gasteiger partial charge on any atom is -0.361 e. The Kier molecular flexibility index (Phi) is 1.10. The van der Waals surface area contributed by atoms with Crippen LogP contribution in [0.3, 0.4) is 0 Å². The molecule has 0 bridgehead atoms. The van der Waals surface area contributed by atoms with Gasteiger partial charge in [0.1, 0.15) is 0 Å².